The monoisotopic (exact) mass is 307 g/mol. The van der Waals surface area contributed by atoms with Crippen molar-refractivity contribution in [2.24, 2.45) is 5.92 Å². The number of carboxylic acid groups (broad SMARTS) is 1. The number of sulfonamides is 1. The van der Waals surface area contributed by atoms with E-state index in [1.165, 1.54) is 18.5 Å². The summed E-state index contributed by atoms with van der Waals surface area (Å²) in [6.07, 6.45) is 0.856. The minimum Gasteiger partial charge on any atom is -0.481 e. The molecule has 4 atom stereocenters. The van der Waals surface area contributed by atoms with Crippen LogP contribution >= 0.6 is 0 Å². The summed E-state index contributed by atoms with van der Waals surface area (Å²) in [6.45, 7) is 0.445. The Hall–Kier alpha value is -0.700. The molecule has 1 saturated carbocycles. The van der Waals surface area contributed by atoms with Crippen LogP contribution in [0.1, 0.15) is 19.3 Å². The molecule has 0 bridgehead atoms. The van der Waals surface area contributed by atoms with Crippen molar-refractivity contribution in [2.75, 3.05) is 27.3 Å². The first-order chi connectivity index (χ1) is 9.41. The van der Waals surface area contributed by atoms with Gasteiger partial charge < -0.3 is 14.6 Å². The molecule has 1 N–H and O–H groups in total. The third kappa shape index (κ3) is 2.69. The van der Waals surface area contributed by atoms with Crippen LogP contribution < -0.4 is 0 Å². The molecule has 1 saturated heterocycles. The molecule has 0 aromatic heterocycles. The fourth-order valence-electron chi connectivity index (χ4n) is 3.13. The maximum absolute atomic E-state index is 12.6. The SMILES string of the molecule is COC1CN(S(=O)(=O)C2CCCC2C(=O)O)CC1OC. The summed E-state index contributed by atoms with van der Waals surface area (Å²) in [5.74, 6) is -1.83. The van der Waals surface area contributed by atoms with Gasteiger partial charge in [0.15, 0.2) is 0 Å². The van der Waals surface area contributed by atoms with Crippen molar-refractivity contribution in [2.45, 2.75) is 36.7 Å². The molecule has 1 aliphatic carbocycles. The van der Waals surface area contributed by atoms with Crippen LogP contribution in [-0.4, -0.2) is 68.6 Å². The molecule has 1 heterocycles. The third-order valence-electron chi connectivity index (χ3n) is 4.30. The summed E-state index contributed by atoms with van der Waals surface area (Å²) in [6, 6.07) is 0. The van der Waals surface area contributed by atoms with E-state index in [0.717, 1.165) is 0 Å². The molecule has 0 aromatic rings. The average Bonchev–Trinajstić information content (AvgIpc) is 3.05. The Morgan fingerprint density at radius 2 is 1.70 bits per heavy atom. The summed E-state index contributed by atoms with van der Waals surface area (Å²) in [7, 11) is -0.594. The second-order valence-electron chi connectivity index (χ2n) is 5.32. The maximum atomic E-state index is 12.6. The molecule has 0 radical (unpaired) electrons. The summed E-state index contributed by atoms with van der Waals surface area (Å²) in [5.41, 5.74) is 0. The quantitative estimate of drug-likeness (QED) is 0.763. The number of rotatable bonds is 5. The summed E-state index contributed by atoms with van der Waals surface area (Å²) >= 11 is 0. The van der Waals surface area contributed by atoms with E-state index in [9.17, 15) is 13.2 Å². The standard InChI is InChI=1S/C12H21NO6S/c1-18-9-6-13(7-10(9)19-2)20(16,17)11-5-3-4-8(11)12(14)15/h8-11H,3-7H2,1-2H3,(H,14,15). The second kappa shape index (κ2) is 5.97. The number of nitrogens with zero attached hydrogens (tertiary/aromatic N) is 1. The zero-order valence-electron chi connectivity index (χ0n) is 11.7. The lowest BCUT2D eigenvalue weighted by Crippen LogP contribution is -2.41. The molecule has 7 nitrogen and oxygen atoms in total. The molecule has 20 heavy (non-hydrogen) atoms. The van der Waals surface area contributed by atoms with E-state index in [4.69, 9.17) is 14.6 Å². The average molecular weight is 307 g/mol. The van der Waals surface area contributed by atoms with Gasteiger partial charge in [-0.15, -0.1) is 0 Å². The van der Waals surface area contributed by atoms with Crippen molar-refractivity contribution in [3.63, 3.8) is 0 Å². The fraction of sp³-hybridized carbons (Fsp3) is 0.917. The highest BCUT2D eigenvalue weighted by atomic mass is 32.2. The Kier molecular flexibility index (Phi) is 4.68. The Morgan fingerprint density at radius 1 is 1.15 bits per heavy atom. The van der Waals surface area contributed by atoms with Gasteiger partial charge in [0.25, 0.3) is 0 Å². The Balaban J connectivity index is 2.17. The van der Waals surface area contributed by atoms with Crippen LogP contribution in [-0.2, 0) is 24.3 Å². The zero-order valence-corrected chi connectivity index (χ0v) is 12.5. The summed E-state index contributed by atoms with van der Waals surface area (Å²) in [5, 5.41) is 8.33. The predicted octanol–water partition coefficient (Wildman–Crippen LogP) is -0.0849. The number of hydrogen-bond acceptors (Lipinski definition) is 5. The van der Waals surface area contributed by atoms with Gasteiger partial charge in [0.05, 0.1) is 23.4 Å². The van der Waals surface area contributed by atoms with E-state index >= 15 is 0 Å². The van der Waals surface area contributed by atoms with Gasteiger partial charge in [0.1, 0.15) is 0 Å². The van der Waals surface area contributed by atoms with E-state index in [1.807, 2.05) is 0 Å². The molecular formula is C12H21NO6S. The van der Waals surface area contributed by atoms with Crippen LogP contribution in [0.3, 0.4) is 0 Å². The van der Waals surface area contributed by atoms with Gasteiger partial charge in [0.2, 0.25) is 10.0 Å². The van der Waals surface area contributed by atoms with Gasteiger partial charge in [0, 0.05) is 27.3 Å². The molecule has 1 aliphatic heterocycles. The lowest BCUT2D eigenvalue weighted by atomic mass is 10.1. The Labute approximate surface area is 118 Å². The van der Waals surface area contributed by atoms with Crippen molar-refractivity contribution in [3.05, 3.63) is 0 Å². The summed E-state index contributed by atoms with van der Waals surface area (Å²) in [4.78, 5) is 11.2. The van der Waals surface area contributed by atoms with Crippen LogP contribution in [0, 0.1) is 5.92 Å². The third-order valence-corrected chi connectivity index (χ3v) is 6.65. The molecule has 2 fully saturated rings. The van der Waals surface area contributed by atoms with Crippen LogP contribution in [0.2, 0.25) is 0 Å². The van der Waals surface area contributed by atoms with E-state index in [0.29, 0.717) is 19.3 Å². The highest BCUT2D eigenvalue weighted by molar-refractivity contribution is 7.89. The molecule has 2 aliphatic rings. The number of carboxylic acids is 1. The lowest BCUT2D eigenvalue weighted by molar-refractivity contribution is -0.141. The smallest absolute Gasteiger partial charge is 0.307 e. The van der Waals surface area contributed by atoms with Crippen LogP contribution in [0.15, 0.2) is 0 Å². The van der Waals surface area contributed by atoms with Crippen LogP contribution in [0.4, 0.5) is 0 Å². The molecule has 116 valence electrons. The molecule has 2 rings (SSSR count). The first-order valence-electron chi connectivity index (χ1n) is 6.69. The first-order valence-corrected chi connectivity index (χ1v) is 8.19. The fourth-order valence-corrected chi connectivity index (χ4v) is 5.35. The number of hydrogen-bond donors (Lipinski definition) is 1. The van der Waals surface area contributed by atoms with E-state index in [2.05, 4.69) is 0 Å². The number of ether oxygens (including phenoxy) is 2. The predicted molar refractivity (Wildman–Crippen MR) is 70.9 cm³/mol. The van der Waals surface area contributed by atoms with Gasteiger partial charge in [-0.1, -0.05) is 6.42 Å². The molecule has 0 aromatic carbocycles. The minimum atomic E-state index is -3.63. The van der Waals surface area contributed by atoms with Crippen molar-refractivity contribution in [1.82, 2.24) is 4.31 Å². The van der Waals surface area contributed by atoms with Crippen molar-refractivity contribution in [3.8, 4) is 0 Å². The molecular weight excluding hydrogens is 286 g/mol. The second-order valence-corrected chi connectivity index (χ2v) is 7.48. The van der Waals surface area contributed by atoms with Gasteiger partial charge >= 0.3 is 5.97 Å². The highest BCUT2D eigenvalue weighted by Crippen LogP contribution is 2.34. The molecule has 0 spiro atoms. The Bertz CT molecular complexity index is 453. The normalized spacial score (nSPS) is 35.5. The van der Waals surface area contributed by atoms with Gasteiger partial charge in [-0.25, -0.2) is 8.42 Å². The van der Waals surface area contributed by atoms with E-state index in [1.54, 1.807) is 0 Å². The van der Waals surface area contributed by atoms with Gasteiger partial charge in [-0.05, 0) is 12.8 Å². The van der Waals surface area contributed by atoms with Gasteiger partial charge in [-0.2, -0.15) is 4.31 Å². The van der Waals surface area contributed by atoms with E-state index < -0.39 is 27.2 Å². The largest absolute Gasteiger partial charge is 0.481 e. The lowest BCUT2D eigenvalue weighted by Gasteiger charge is -2.23. The topological polar surface area (TPSA) is 93.1 Å². The van der Waals surface area contributed by atoms with Gasteiger partial charge in [-0.3, -0.25) is 4.79 Å². The zero-order chi connectivity index (χ0) is 14.9. The number of carbonyl (C=O) groups is 1. The highest BCUT2D eigenvalue weighted by Gasteiger charge is 2.48. The number of methoxy groups -OCH3 is 2. The number of aliphatic carboxylic acids is 1. The maximum Gasteiger partial charge on any atom is 0.307 e. The summed E-state index contributed by atoms with van der Waals surface area (Å²) < 4.78 is 37.0. The van der Waals surface area contributed by atoms with Crippen molar-refractivity contribution < 1.29 is 27.8 Å². The van der Waals surface area contributed by atoms with Crippen molar-refractivity contribution in [1.29, 1.82) is 0 Å². The van der Waals surface area contributed by atoms with Crippen LogP contribution in [0.5, 0.6) is 0 Å². The molecule has 0 amide bonds. The van der Waals surface area contributed by atoms with Crippen molar-refractivity contribution >= 4 is 16.0 Å². The first kappa shape index (κ1) is 15.7. The molecule has 8 heteroatoms. The Morgan fingerprint density at radius 3 is 2.15 bits per heavy atom. The molecule has 4 unspecified atom stereocenters. The van der Waals surface area contributed by atoms with E-state index in [-0.39, 0.29) is 25.3 Å². The van der Waals surface area contributed by atoms with Crippen LogP contribution in [0.25, 0.3) is 0 Å². The minimum absolute atomic E-state index is 0.222.